The van der Waals surface area contributed by atoms with Gasteiger partial charge in [0.1, 0.15) is 16.5 Å². The Morgan fingerprint density at radius 1 is 0.415 bits per heavy atom. The summed E-state index contributed by atoms with van der Waals surface area (Å²) in [6, 6.07) is 70.8. The molecule has 0 bridgehead atoms. The summed E-state index contributed by atoms with van der Waals surface area (Å²) in [7, 11) is -2.69. The Hall–Kier alpha value is -5.84. The highest BCUT2D eigenvalue weighted by Crippen LogP contribution is 2.40. The minimum absolute atomic E-state index is 0.368. The van der Waals surface area contributed by atoms with Crippen molar-refractivity contribution >= 4 is 73.8 Å². The lowest BCUT2D eigenvalue weighted by Crippen LogP contribution is -2.74. The zero-order valence-corrected chi connectivity index (χ0v) is 31.2. The van der Waals surface area contributed by atoms with Gasteiger partial charge in [0.05, 0.1) is 21.7 Å². The maximum Gasteiger partial charge on any atom is 0.179 e. The molecule has 9 rings (SSSR count). The van der Waals surface area contributed by atoms with Gasteiger partial charge in [-0.05, 0) is 62.2 Å². The number of hydrogen-bond donors (Lipinski definition) is 0. The molecule has 1 heterocycles. The van der Waals surface area contributed by atoms with Gasteiger partial charge in [-0.25, -0.2) is 0 Å². The van der Waals surface area contributed by atoms with Crippen LogP contribution in [0.1, 0.15) is 0 Å². The lowest BCUT2D eigenvalue weighted by atomic mass is 10.1. The Morgan fingerprint density at radius 2 is 0.887 bits per heavy atom. The zero-order valence-electron chi connectivity index (χ0n) is 28.7. The van der Waals surface area contributed by atoms with Crippen LogP contribution >= 0.6 is 23.2 Å². The van der Waals surface area contributed by atoms with Crippen molar-refractivity contribution in [2.45, 2.75) is 0 Å². The minimum atomic E-state index is -2.69. The van der Waals surface area contributed by atoms with Crippen LogP contribution < -0.4 is 25.5 Å². The van der Waals surface area contributed by atoms with E-state index in [9.17, 15) is 0 Å². The van der Waals surface area contributed by atoms with Gasteiger partial charge < -0.3 is 9.30 Å². The molecule has 1 aromatic heterocycles. The van der Waals surface area contributed by atoms with Gasteiger partial charge in [0.25, 0.3) is 0 Å². The Morgan fingerprint density at radius 3 is 1.45 bits per heavy atom. The maximum absolute atomic E-state index is 6.85. The Balaban J connectivity index is 1.14. The van der Waals surface area contributed by atoms with E-state index >= 15 is 0 Å². The summed E-state index contributed by atoms with van der Waals surface area (Å²) >= 11 is 13.7. The monoisotopic (exact) mass is 737 g/mol. The van der Waals surface area contributed by atoms with E-state index in [0.717, 1.165) is 27.8 Å². The Kier molecular flexibility index (Phi) is 8.69. The van der Waals surface area contributed by atoms with Gasteiger partial charge in [-0.3, -0.25) is 0 Å². The molecule has 2 nitrogen and oxygen atoms in total. The molecule has 53 heavy (non-hydrogen) atoms. The highest BCUT2D eigenvalue weighted by molar-refractivity contribution is 7.19. The normalized spacial score (nSPS) is 11.6. The van der Waals surface area contributed by atoms with Crippen molar-refractivity contribution in [1.82, 2.24) is 4.57 Å². The Bertz CT molecular complexity index is 2580. The highest BCUT2D eigenvalue weighted by Gasteiger charge is 2.41. The lowest BCUT2D eigenvalue weighted by molar-refractivity contribution is 0.483. The highest BCUT2D eigenvalue weighted by atomic mass is 35.5. The van der Waals surface area contributed by atoms with Crippen LogP contribution in [0.3, 0.4) is 0 Å². The van der Waals surface area contributed by atoms with Gasteiger partial charge in [-0.15, -0.1) is 0 Å². The van der Waals surface area contributed by atoms with Crippen molar-refractivity contribution < 1.29 is 4.74 Å². The van der Waals surface area contributed by atoms with E-state index in [1.54, 1.807) is 0 Å². The maximum atomic E-state index is 6.85. The first-order valence-electron chi connectivity index (χ1n) is 17.6. The molecular formula is C48H33Cl2NOSi. The lowest BCUT2D eigenvalue weighted by Gasteiger charge is -2.34. The molecule has 0 aliphatic rings. The number of rotatable bonds is 8. The summed E-state index contributed by atoms with van der Waals surface area (Å²) in [4.78, 5) is 0. The number of aromatic nitrogens is 1. The fraction of sp³-hybridized carbons (Fsp3) is 0. The number of hydrogen-bond acceptors (Lipinski definition) is 1. The van der Waals surface area contributed by atoms with Gasteiger partial charge in [0, 0.05) is 16.8 Å². The summed E-state index contributed by atoms with van der Waals surface area (Å²) in [5.41, 5.74) is 5.19. The molecule has 0 atom stereocenters. The smallest absolute Gasteiger partial charge is 0.179 e. The SMILES string of the molecule is Clc1cc(-n2c3ccccc3c3ccccc32)cc(Oc2cccc(-c3cccc([Si](c4ccccc4)(c4ccccc4)c4ccccc4)c3)c2)c1Cl. The fourth-order valence-corrected chi connectivity index (χ4v) is 13.0. The van der Waals surface area contributed by atoms with Crippen molar-refractivity contribution in [1.29, 1.82) is 0 Å². The van der Waals surface area contributed by atoms with E-state index in [-0.39, 0.29) is 0 Å². The average molecular weight is 739 g/mol. The summed E-state index contributed by atoms with van der Waals surface area (Å²) < 4.78 is 8.81. The second-order valence-corrected chi connectivity index (χ2v) is 17.8. The summed E-state index contributed by atoms with van der Waals surface area (Å²) in [5, 5.41) is 8.44. The number of halogens is 2. The first kappa shape index (κ1) is 33.0. The van der Waals surface area contributed by atoms with Gasteiger partial charge in [-0.1, -0.05) is 187 Å². The van der Waals surface area contributed by atoms with E-state index in [1.165, 1.54) is 31.5 Å². The fourth-order valence-electron chi connectivity index (χ4n) is 7.82. The molecule has 0 aliphatic carbocycles. The summed E-state index contributed by atoms with van der Waals surface area (Å²) in [5.74, 6) is 1.16. The molecule has 8 aromatic carbocycles. The zero-order chi connectivity index (χ0) is 35.8. The number of ether oxygens (including phenoxy) is 1. The second-order valence-electron chi connectivity index (χ2n) is 13.2. The molecule has 0 radical (unpaired) electrons. The van der Waals surface area contributed by atoms with Gasteiger partial charge >= 0.3 is 0 Å². The second kappa shape index (κ2) is 13.9. The van der Waals surface area contributed by atoms with E-state index in [0.29, 0.717) is 21.5 Å². The van der Waals surface area contributed by atoms with E-state index in [1.807, 2.05) is 24.3 Å². The summed E-state index contributed by atoms with van der Waals surface area (Å²) in [6.07, 6.45) is 0. The predicted octanol–water partition coefficient (Wildman–Crippen LogP) is 10.9. The number of benzene rings is 8. The summed E-state index contributed by atoms with van der Waals surface area (Å²) in [6.45, 7) is 0. The topological polar surface area (TPSA) is 14.2 Å². The van der Waals surface area contributed by atoms with Crippen molar-refractivity contribution in [2.24, 2.45) is 0 Å². The minimum Gasteiger partial charge on any atom is -0.456 e. The van der Waals surface area contributed by atoms with E-state index < -0.39 is 8.07 Å². The van der Waals surface area contributed by atoms with E-state index in [2.05, 4.69) is 180 Å². The molecule has 0 spiro atoms. The third-order valence-corrected chi connectivity index (χ3v) is 15.7. The van der Waals surface area contributed by atoms with Crippen LogP contribution in [0.4, 0.5) is 0 Å². The molecule has 0 saturated carbocycles. The third-order valence-electron chi connectivity index (χ3n) is 10.1. The van der Waals surface area contributed by atoms with Crippen molar-refractivity contribution in [3.05, 3.63) is 210 Å². The molecule has 0 unspecified atom stereocenters. The quantitative estimate of drug-likeness (QED) is 0.112. The van der Waals surface area contributed by atoms with Crippen LogP contribution in [-0.2, 0) is 0 Å². The molecule has 254 valence electrons. The van der Waals surface area contributed by atoms with Gasteiger partial charge in [0.2, 0.25) is 0 Å². The number of nitrogens with zero attached hydrogens (tertiary/aromatic N) is 1. The van der Waals surface area contributed by atoms with Crippen LogP contribution in [0.5, 0.6) is 11.5 Å². The van der Waals surface area contributed by atoms with Crippen LogP contribution in [0, 0.1) is 0 Å². The standard InChI is InChI=1S/C48H33Cl2NOSi/c49-44-32-36(51-45-28-12-10-26-42(45)43-27-11-13-29-46(43)51)33-47(48(44)50)52-37-18-14-16-34(30-37)35-17-15-25-41(31-35)53(38-19-4-1-5-20-38,39-21-6-2-7-22-39)40-23-8-3-9-24-40/h1-33H. The first-order valence-corrected chi connectivity index (χ1v) is 20.4. The molecule has 0 fully saturated rings. The number of para-hydroxylation sites is 2. The van der Waals surface area contributed by atoms with Gasteiger partial charge in [-0.2, -0.15) is 0 Å². The van der Waals surface area contributed by atoms with Crippen molar-refractivity contribution in [2.75, 3.05) is 0 Å². The molecular weight excluding hydrogens is 706 g/mol. The third kappa shape index (κ3) is 5.84. The Labute approximate surface area is 320 Å². The van der Waals surface area contributed by atoms with Crippen molar-refractivity contribution in [3.8, 4) is 28.3 Å². The molecule has 9 aromatic rings. The number of fused-ring (bicyclic) bond motifs is 3. The van der Waals surface area contributed by atoms with Crippen molar-refractivity contribution in [3.63, 3.8) is 0 Å². The molecule has 5 heteroatoms. The van der Waals surface area contributed by atoms with Crippen LogP contribution in [-0.4, -0.2) is 12.6 Å². The molecule has 0 aliphatic heterocycles. The molecule has 0 N–H and O–H groups in total. The molecule has 0 amide bonds. The average Bonchev–Trinajstić information content (AvgIpc) is 3.56. The molecule has 0 saturated heterocycles. The predicted molar refractivity (Wildman–Crippen MR) is 226 cm³/mol. The van der Waals surface area contributed by atoms with Crippen LogP contribution in [0.15, 0.2) is 200 Å². The van der Waals surface area contributed by atoms with Crippen LogP contribution in [0.25, 0.3) is 38.6 Å². The van der Waals surface area contributed by atoms with Crippen LogP contribution in [0.2, 0.25) is 10.0 Å². The largest absolute Gasteiger partial charge is 0.456 e. The van der Waals surface area contributed by atoms with E-state index in [4.69, 9.17) is 27.9 Å². The van der Waals surface area contributed by atoms with Gasteiger partial charge in [0.15, 0.2) is 8.07 Å². The first-order chi connectivity index (χ1) is 26.1.